The number of fused-ring (bicyclic) bond motifs is 3. The second-order valence-corrected chi connectivity index (χ2v) is 4.25. The smallest absolute Gasteiger partial charge is 0.293 e. The van der Waals surface area contributed by atoms with Gasteiger partial charge in [-0.15, -0.1) is 4.73 Å². The van der Waals surface area contributed by atoms with Crippen LogP contribution >= 0.6 is 0 Å². The van der Waals surface area contributed by atoms with Crippen molar-refractivity contribution >= 4 is 21.7 Å². The van der Waals surface area contributed by atoms with Crippen LogP contribution < -0.4 is 5.56 Å². The highest BCUT2D eigenvalue weighted by Crippen LogP contribution is 2.24. The first kappa shape index (κ1) is 9.96. The van der Waals surface area contributed by atoms with Crippen LogP contribution in [0.5, 0.6) is 0 Å². The van der Waals surface area contributed by atoms with Crippen molar-refractivity contribution in [2.75, 3.05) is 0 Å². The number of aromatic nitrogens is 2. The fourth-order valence-electron chi connectivity index (χ4n) is 2.30. The summed E-state index contributed by atoms with van der Waals surface area (Å²) in [6.45, 7) is 1.87. The van der Waals surface area contributed by atoms with Crippen LogP contribution in [0.2, 0.25) is 0 Å². The minimum Gasteiger partial charge on any atom is -0.425 e. The molecule has 86 valence electrons. The highest BCUT2D eigenvalue weighted by Gasteiger charge is 2.14. The molecule has 0 amide bonds. The zero-order valence-electron chi connectivity index (χ0n) is 9.64. The second kappa shape index (κ2) is 3.13. The molecular formula is C13H12N2O2. The van der Waals surface area contributed by atoms with Gasteiger partial charge in [0.05, 0.1) is 10.9 Å². The van der Waals surface area contributed by atoms with Gasteiger partial charge in [-0.05, 0) is 13.0 Å². The van der Waals surface area contributed by atoms with Gasteiger partial charge in [-0.25, -0.2) is 0 Å². The minimum absolute atomic E-state index is 0.364. The van der Waals surface area contributed by atoms with Crippen LogP contribution in [0.3, 0.4) is 0 Å². The zero-order valence-corrected chi connectivity index (χ0v) is 9.64. The SMILES string of the molecule is Cc1c2c(=O)n(O)c3ccccc3c2cn1C. The van der Waals surface area contributed by atoms with Crippen molar-refractivity contribution in [3.63, 3.8) is 0 Å². The van der Waals surface area contributed by atoms with Gasteiger partial charge in [0.15, 0.2) is 0 Å². The van der Waals surface area contributed by atoms with Gasteiger partial charge in [0.25, 0.3) is 5.56 Å². The van der Waals surface area contributed by atoms with Crippen LogP contribution in [0.4, 0.5) is 0 Å². The van der Waals surface area contributed by atoms with Crippen molar-refractivity contribution in [2.45, 2.75) is 6.92 Å². The molecule has 4 heteroatoms. The van der Waals surface area contributed by atoms with Crippen LogP contribution in [0.15, 0.2) is 35.3 Å². The van der Waals surface area contributed by atoms with E-state index in [9.17, 15) is 10.0 Å². The number of aryl methyl sites for hydroxylation is 2. The molecule has 0 aliphatic rings. The molecule has 0 atom stereocenters. The molecule has 0 aliphatic carbocycles. The summed E-state index contributed by atoms with van der Waals surface area (Å²) in [4.78, 5) is 12.1. The summed E-state index contributed by atoms with van der Waals surface area (Å²) >= 11 is 0. The largest absolute Gasteiger partial charge is 0.425 e. The fraction of sp³-hybridized carbons (Fsp3) is 0.154. The maximum atomic E-state index is 12.1. The van der Waals surface area contributed by atoms with E-state index in [1.165, 1.54) is 0 Å². The molecule has 4 nitrogen and oxygen atoms in total. The molecule has 0 radical (unpaired) electrons. The first-order chi connectivity index (χ1) is 8.11. The predicted molar refractivity (Wildman–Crippen MR) is 66.6 cm³/mol. The Bertz CT molecular complexity index is 796. The summed E-state index contributed by atoms with van der Waals surface area (Å²) in [5, 5.41) is 12.2. The number of hydrogen-bond donors (Lipinski definition) is 1. The first-order valence-electron chi connectivity index (χ1n) is 5.40. The van der Waals surface area contributed by atoms with Crippen molar-refractivity contribution in [3.8, 4) is 0 Å². The van der Waals surface area contributed by atoms with Gasteiger partial charge in [-0.1, -0.05) is 18.2 Å². The van der Waals surface area contributed by atoms with E-state index in [0.717, 1.165) is 21.2 Å². The molecule has 17 heavy (non-hydrogen) atoms. The molecule has 1 aromatic carbocycles. The van der Waals surface area contributed by atoms with E-state index in [1.807, 2.05) is 36.9 Å². The van der Waals surface area contributed by atoms with E-state index in [1.54, 1.807) is 12.1 Å². The van der Waals surface area contributed by atoms with E-state index >= 15 is 0 Å². The molecule has 0 saturated heterocycles. The average Bonchev–Trinajstić information content (AvgIpc) is 2.63. The molecule has 0 unspecified atom stereocenters. The summed E-state index contributed by atoms with van der Waals surface area (Å²) in [5.74, 6) is 0. The molecule has 3 rings (SSSR count). The van der Waals surface area contributed by atoms with Crippen LogP contribution in [0.25, 0.3) is 21.7 Å². The molecule has 0 bridgehead atoms. The lowest BCUT2D eigenvalue weighted by Gasteiger charge is -2.04. The molecule has 3 aromatic rings. The van der Waals surface area contributed by atoms with Crippen LogP contribution in [0, 0.1) is 6.92 Å². The Morgan fingerprint density at radius 1 is 1.18 bits per heavy atom. The van der Waals surface area contributed by atoms with E-state index in [4.69, 9.17) is 0 Å². The molecule has 0 aliphatic heterocycles. The summed E-state index contributed by atoms with van der Waals surface area (Å²) in [6.07, 6.45) is 1.92. The molecule has 0 fully saturated rings. The number of benzene rings is 1. The zero-order chi connectivity index (χ0) is 12.2. The third-order valence-corrected chi connectivity index (χ3v) is 3.31. The van der Waals surface area contributed by atoms with E-state index < -0.39 is 0 Å². The summed E-state index contributed by atoms with van der Waals surface area (Å²) in [6, 6.07) is 7.34. The Balaban J connectivity index is 2.75. The standard InChI is InChI=1S/C13H12N2O2/c1-8-12-10(7-14(8)2)9-5-3-4-6-11(9)15(17)13(12)16/h3-7,17H,1-2H3. The van der Waals surface area contributed by atoms with Crippen molar-refractivity contribution in [3.05, 3.63) is 46.5 Å². The lowest BCUT2D eigenvalue weighted by Crippen LogP contribution is -2.18. The van der Waals surface area contributed by atoms with Gasteiger partial charge in [0.2, 0.25) is 0 Å². The second-order valence-electron chi connectivity index (χ2n) is 4.25. The van der Waals surface area contributed by atoms with E-state index in [2.05, 4.69) is 0 Å². The van der Waals surface area contributed by atoms with Gasteiger partial charge in [0, 0.05) is 29.7 Å². The maximum absolute atomic E-state index is 12.1. The Kier molecular flexibility index (Phi) is 1.84. The Hall–Kier alpha value is -2.23. The Morgan fingerprint density at radius 3 is 2.65 bits per heavy atom. The van der Waals surface area contributed by atoms with Crippen molar-refractivity contribution < 1.29 is 5.21 Å². The third-order valence-electron chi connectivity index (χ3n) is 3.31. The van der Waals surface area contributed by atoms with Crippen molar-refractivity contribution in [2.24, 2.45) is 7.05 Å². The van der Waals surface area contributed by atoms with Gasteiger partial charge < -0.3 is 9.77 Å². The van der Waals surface area contributed by atoms with Gasteiger partial charge in [-0.2, -0.15) is 0 Å². The highest BCUT2D eigenvalue weighted by molar-refractivity contribution is 6.06. The van der Waals surface area contributed by atoms with E-state index in [-0.39, 0.29) is 5.56 Å². The lowest BCUT2D eigenvalue weighted by atomic mass is 10.1. The van der Waals surface area contributed by atoms with Gasteiger partial charge in [0.1, 0.15) is 0 Å². The Labute approximate surface area is 97.3 Å². The summed E-state index contributed by atoms with van der Waals surface area (Å²) in [7, 11) is 1.89. The first-order valence-corrected chi connectivity index (χ1v) is 5.40. The van der Waals surface area contributed by atoms with Crippen LogP contribution in [-0.2, 0) is 7.05 Å². The number of hydrogen-bond acceptors (Lipinski definition) is 2. The normalized spacial score (nSPS) is 11.4. The summed E-state index contributed by atoms with van der Waals surface area (Å²) in [5.41, 5.74) is 1.03. The minimum atomic E-state index is -0.364. The van der Waals surface area contributed by atoms with Crippen LogP contribution in [0.1, 0.15) is 5.69 Å². The number of rotatable bonds is 0. The summed E-state index contributed by atoms with van der Waals surface area (Å²) < 4.78 is 2.63. The predicted octanol–water partition coefficient (Wildman–Crippen LogP) is 2.04. The van der Waals surface area contributed by atoms with Crippen molar-refractivity contribution in [1.82, 2.24) is 9.30 Å². The maximum Gasteiger partial charge on any atom is 0.293 e. The number of pyridine rings is 1. The monoisotopic (exact) mass is 228 g/mol. The molecule has 0 spiro atoms. The van der Waals surface area contributed by atoms with Crippen molar-refractivity contribution in [1.29, 1.82) is 0 Å². The third kappa shape index (κ3) is 1.15. The number of para-hydroxylation sites is 1. The molecule has 2 heterocycles. The van der Waals surface area contributed by atoms with E-state index in [0.29, 0.717) is 10.9 Å². The van der Waals surface area contributed by atoms with Gasteiger partial charge in [-0.3, -0.25) is 4.79 Å². The van der Waals surface area contributed by atoms with Crippen LogP contribution in [-0.4, -0.2) is 14.5 Å². The number of nitrogens with zero attached hydrogens (tertiary/aromatic N) is 2. The topological polar surface area (TPSA) is 47.2 Å². The fourth-order valence-corrected chi connectivity index (χ4v) is 2.30. The molecule has 1 N–H and O–H groups in total. The van der Waals surface area contributed by atoms with Gasteiger partial charge >= 0.3 is 0 Å². The highest BCUT2D eigenvalue weighted by atomic mass is 16.5. The average molecular weight is 228 g/mol. The molecule has 2 aromatic heterocycles. The molecule has 0 saturated carbocycles. The molecular weight excluding hydrogens is 216 g/mol. The lowest BCUT2D eigenvalue weighted by molar-refractivity contribution is 0.190. The Morgan fingerprint density at radius 2 is 1.88 bits per heavy atom. The quantitative estimate of drug-likeness (QED) is 0.598.